The Balaban J connectivity index is 1.36. The van der Waals surface area contributed by atoms with Crippen LogP contribution >= 0.6 is 0 Å². The minimum atomic E-state index is -0.209. The van der Waals surface area contributed by atoms with Gasteiger partial charge in [0.1, 0.15) is 5.75 Å². The van der Waals surface area contributed by atoms with E-state index in [-0.39, 0.29) is 5.41 Å². The topological polar surface area (TPSA) is 50.4 Å². The highest BCUT2D eigenvalue weighted by Gasteiger charge is 2.55. The summed E-state index contributed by atoms with van der Waals surface area (Å²) >= 11 is 0. The molecule has 2 heterocycles. The average Bonchev–Trinajstić information content (AvgIpc) is 3.37. The second-order valence-electron chi connectivity index (χ2n) is 9.54. The third-order valence-corrected chi connectivity index (χ3v) is 7.89. The first-order chi connectivity index (χ1) is 13.1. The zero-order chi connectivity index (χ0) is 18.4. The number of hydrogen-bond donors (Lipinski definition) is 2. The summed E-state index contributed by atoms with van der Waals surface area (Å²) in [6, 6.07) is 9.91. The first-order valence-corrected chi connectivity index (χ1v) is 10.8. The summed E-state index contributed by atoms with van der Waals surface area (Å²) in [5, 5.41) is 7.21. The Morgan fingerprint density at radius 3 is 2.67 bits per heavy atom. The normalized spacial score (nSPS) is 39.5. The SMILES string of the molecule is COc1cccc(CC2(C(=O)NC3CC4CCC(C3)N4)CC3CCC2C3)c1. The van der Waals surface area contributed by atoms with Crippen LogP contribution in [0.15, 0.2) is 24.3 Å². The molecular formula is C23H32N2O2. The van der Waals surface area contributed by atoms with E-state index in [0.717, 1.165) is 37.4 Å². The number of benzene rings is 1. The van der Waals surface area contributed by atoms with Crippen molar-refractivity contribution in [3.63, 3.8) is 0 Å². The molecule has 1 aromatic carbocycles. The van der Waals surface area contributed by atoms with Crippen molar-refractivity contribution in [1.29, 1.82) is 0 Å². The minimum absolute atomic E-state index is 0.209. The largest absolute Gasteiger partial charge is 0.497 e. The number of carbonyl (C=O) groups is 1. The number of carbonyl (C=O) groups excluding carboxylic acids is 1. The molecule has 1 aromatic rings. The van der Waals surface area contributed by atoms with Crippen molar-refractivity contribution < 1.29 is 9.53 Å². The second-order valence-corrected chi connectivity index (χ2v) is 9.54. The van der Waals surface area contributed by atoms with Gasteiger partial charge in [0, 0.05) is 18.1 Å². The molecule has 1 amide bonds. The van der Waals surface area contributed by atoms with Crippen LogP contribution in [-0.4, -0.2) is 31.1 Å². The Hall–Kier alpha value is -1.55. The van der Waals surface area contributed by atoms with Gasteiger partial charge < -0.3 is 15.4 Å². The molecule has 146 valence electrons. The molecule has 5 unspecified atom stereocenters. The van der Waals surface area contributed by atoms with Crippen molar-refractivity contribution in [2.24, 2.45) is 17.3 Å². The summed E-state index contributed by atoms with van der Waals surface area (Å²) in [6.07, 6.45) is 10.5. The molecule has 2 saturated carbocycles. The number of rotatable bonds is 5. The molecule has 4 aliphatic rings. The van der Waals surface area contributed by atoms with Crippen LogP contribution in [0, 0.1) is 17.3 Å². The Morgan fingerprint density at radius 1 is 1.19 bits per heavy atom. The number of fused-ring (bicyclic) bond motifs is 4. The summed E-state index contributed by atoms with van der Waals surface area (Å²) in [6.45, 7) is 0. The van der Waals surface area contributed by atoms with Gasteiger partial charge in [0.2, 0.25) is 5.91 Å². The summed E-state index contributed by atoms with van der Waals surface area (Å²) < 4.78 is 5.42. The van der Waals surface area contributed by atoms with Gasteiger partial charge >= 0.3 is 0 Å². The summed E-state index contributed by atoms with van der Waals surface area (Å²) in [5.74, 6) is 2.52. The zero-order valence-electron chi connectivity index (χ0n) is 16.4. The number of amides is 1. The van der Waals surface area contributed by atoms with Crippen molar-refractivity contribution >= 4 is 5.91 Å². The number of piperidine rings is 1. The molecule has 27 heavy (non-hydrogen) atoms. The van der Waals surface area contributed by atoms with E-state index in [1.54, 1.807) is 7.11 Å². The second kappa shape index (κ2) is 6.80. The summed E-state index contributed by atoms with van der Waals surface area (Å²) in [5.41, 5.74) is 1.03. The lowest BCUT2D eigenvalue weighted by molar-refractivity contribution is -0.135. The molecule has 2 saturated heterocycles. The van der Waals surface area contributed by atoms with E-state index in [0.29, 0.717) is 30.0 Å². The fourth-order valence-electron chi connectivity index (χ4n) is 6.67. The third kappa shape index (κ3) is 3.16. The smallest absolute Gasteiger partial charge is 0.227 e. The molecule has 2 aliphatic heterocycles. The molecule has 0 radical (unpaired) electrons. The first kappa shape index (κ1) is 17.5. The van der Waals surface area contributed by atoms with Gasteiger partial charge in [-0.1, -0.05) is 18.6 Å². The molecule has 2 aliphatic carbocycles. The lowest BCUT2D eigenvalue weighted by Crippen LogP contribution is -2.53. The molecule has 5 rings (SSSR count). The summed E-state index contributed by atoms with van der Waals surface area (Å²) in [4.78, 5) is 13.7. The number of methoxy groups -OCH3 is 1. The van der Waals surface area contributed by atoms with Crippen LogP contribution in [0.5, 0.6) is 5.75 Å². The molecule has 4 nitrogen and oxygen atoms in total. The Morgan fingerprint density at radius 2 is 2.00 bits per heavy atom. The van der Waals surface area contributed by atoms with E-state index in [9.17, 15) is 4.79 Å². The predicted octanol–water partition coefficient (Wildman–Crippen LogP) is 3.44. The molecule has 4 fully saturated rings. The Bertz CT molecular complexity index is 708. The van der Waals surface area contributed by atoms with Gasteiger partial charge in [0.15, 0.2) is 0 Å². The molecule has 5 atom stereocenters. The van der Waals surface area contributed by atoms with Crippen molar-refractivity contribution in [2.75, 3.05) is 7.11 Å². The van der Waals surface area contributed by atoms with Gasteiger partial charge in [-0.05, 0) is 80.9 Å². The van der Waals surface area contributed by atoms with Crippen molar-refractivity contribution in [3.05, 3.63) is 29.8 Å². The fraction of sp³-hybridized carbons (Fsp3) is 0.696. The highest BCUT2D eigenvalue weighted by molar-refractivity contribution is 5.84. The van der Waals surface area contributed by atoms with Crippen LogP contribution in [0.3, 0.4) is 0 Å². The summed E-state index contributed by atoms with van der Waals surface area (Å²) in [7, 11) is 1.71. The van der Waals surface area contributed by atoms with Crippen LogP contribution in [0.4, 0.5) is 0 Å². The van der Waals surface area contributed by atoms with Gasteiger partial charge in [-0.3, -0.25) is 4.79 Å². The van der Waals surface area contributed by atoms with Crippen LogP contribution in [0.2, 0.25) is 0 Å². The molecule has 0 spiro atoms. The fourth-order valence-corrected chi connectivity index (χ4v) is 6.67. The van der Waals surface area contributed by atoms with E-state index < -0.39 is 0 Å². The van der Waals surface area contributed by atoms with Crippen LogP contribution < -0.4 is 15.4 Å². The molecule has 2 N–H and O–H groups in total. The van der Waals surface area contributed by atoms with Gasteiger partial charge in [-0.2, -0.15) is 0 Å². The number of ether oxygens (including phenoxy) is 1. The maximum absolute atomic E-state index is 13.7. The van der Waals surface area contributed by atoms with E-state index >= 15 is 0 Å². The minimum Gasteiger partial charge on any atom is -0.497 e. The van der Waals surface area contributed by atoms with E-state index in [1.807, 2.05) is 6.07 Å². The highest BCUT2D eigenvalue weighted by atomic mass is 16.5. The van der Waals surface area contributed by atoms with Crippen LogP contribution in [-0.2, 0) is 11.2 Å². The maximum atomic E-state index is 13.7. The van der Waals surface area contributed by atoms with Crippen LogP contribution in [0.1, 0.15) is 56.9 Å². The lowest BCUT2D eigenvalue weighted by atomic mass is 9.68. The standard InChI is InChI=1S/C23H32N2O2/c1-27-21-4-2-3-15(10-21)13-23(14-16-5-6-17(23)9-16)22(26)25-20-11-18-7-8-19(12-20)24-18/h2-4,10,16-20,24H,5-9,11-14H2,1H3,(H,25,26). The van der Waals surface area contributed by atoms with Crippen molar-refractivity contribution in [1.82, 2.24) is 10.6 Å². The molecule has 4 bridgehead atoms. The highest BCUT2D eigenvalue weighted by Crippen LogP contribution is 2.57. The van der Waals surface area contributed by atoms with E-state index in [4.69, 9.17) is 4.74 Å². The van der Waals surface area contributed by atoms with Gasteiger partial charge in [0.05, 0.1) is 12.5 Å². The molecular weight excluding hydrogens is 336 g/mol. The van der Waals surface area contributed by atoms with Gasteiger partial charge in [-0.15, -0.1) is 0 Å². The number of hydrogen-bond acceptors (Lipinski definition) is 3. The Labute approximate surface area is 162 Å². The van der Waals surface area contributed by atoms with Crippen molar-refractivity contribution in [3.8, 4) is 5.75 Å². The first-order valence-electron chi connectivity index (χ1n) is 10.8. The monoisotopic (exact) mass is 368 g/mol. The molecule has 4 heteroatoms. The Kier molecular flexibility index (Phi) is 4.42. The molecule has 0 aromatic heterocycles. The van der Waals surface area contributed by atoms with Crippen molar-refractivity contribution in [2.45, 2.75) is 75.9 Å². The lowest BCUT2D eigenvalue weighted by Gasteiger charge is -2.39. The predicted molar refractivity (Wildman–Crippen MR) is 106 cm³/mol. The average molecular weight is 369 g/mol. The van der Waals surface area contributed by atoms with E-state index in [2.05, 4.69) is 28.8 Å². The third-order valence-electron chi connectivity index (χ3n) is 7.89. The zero-order valence-corrected chi connectivity index (χ0v) is 16.4. The quantitative estimate of drug-likeness (QED) is 0.837. The number of nitrogens with one attached hydrogen (secondary N) is 2. The van der Waals surface area contributed by atoms with Gasteiger partial charge in [0.25, 0.3) is 0 Å². The van der Waals surface area contributed by atoms with Gasteiger partial charge in [-0.25, -0.2) is 0 Å². The maximum Gasteiger partial charge on any atom is 0.227 e. The van der Waals surface area contributed by atoms with Crippen LogP contribution in [0.25, 0.3) is 0 Å². The van der Waals surface area contributed by atoms with E-state index in [1.165, 1.54) is 37.7 Å².